The highest BCUT2D eigenvalue weighted by Crippen LogP contribution is 2.43. The van der Waals surface area contributed by atoms with E-state index in [9.17, 15) is 0 Å². The van der Waals surface area contributed by atoms with Crippen molar-refractivity contribution in [2.75, 3.05) is 27.3 Å². The summed E-state index contributed by atoms with van der Waals surface area (Å²) < 4.78 is 11.1. The lowest BCUT2D eigenvalue weighted by Crippen LogP contribution is -2.38. The lowest BCUT2D eigenvalue weighted by atomic mass is 9.84. The molecule has 2 aromatic rings. The molecule has 1 heterocycles. The van der Waals surface area contributed by atoms with Gasteiger partial charge < -0.3 is 15.2 Å². The fourth-order valence-electron chi connectivity index (χ4n) is 3.89. The number of hydrogen-bond acceptors (Lipinski definition) is 4. The van der Waals surface area contributed by atoms with Crippen molar-refractivity contribution in [3.63, 3.8) is 0 Å². The quantitative estimate of drug-likeness (QED) is 0.874. The fourth-order valence-corrected chi connectivity index (χ4v) is 3.89. The van der Waals surface area contributed by atoms with Crippen molar-refractivity contribution >= 4 is 0 Å². The number of nitrogens with two attached hydrogens (primary N) is 1. The summed E-state index contributed by atoms with van der Waals surface area (Å²) in [6, 6.07) is 14.9. The summed E-state index contributed by atoms with van der Waals surface area (Å²) in [5.74, 6) is 1.69. The van der Waals surface area contributed by atoms with Gasteiger partial charge in [0.1, 0.15) is 11.5 Å². The lowest BCUT2D eigenvalue weighted by Gasteiger charge is -2.34. The van der Waals surface area contributed by atoms with Crippen LogP contribution in [0.3, 0.4) is 0 Å². The van der Waals surface area contributed by atoms with Crippen molar-refractivity contribution in [3.8, 4) is 11.5 Å². The lowest BCUT2D eigenvalue weighted by molar-refractivity contribution is 0.177. The molecular weight excluding hydrogens is 312 g/mol. The molecule has 4 heteroatoms. The van der Waals surface area contributed by atoms with Gasteiger partial charge in [0, 0.05) is 36.7 Å². The largest absolute Gasteiger partial charge is 0.497 e. The number of benzene rings is 2. The number of ether oxygens (including phenoxy) is 2. The van der Waals surface area contributed by atoms with E-state index in [1.807, 2.05) is 6.07 Å². The topological polar surface area (TPSA) is 47.7 Å². The third-order valence-corrected chi connectivity index (χ3v) is 5.18. The van der Waals surface area contributed by atoms with Crippen LogP contribution < -0.4 is 15.2 Å². The zero-order valence-corrected chi connectivity index (χ0v) is 15.6. The Kier molecular flexibility index (Phi) is 5.02. The molecule has 0 fully saturated rings. The summed E-state index contributed by atoms with van der Waals surface area (Å²) in [5, 5.41) is 0. The fraction of sp³-hybridized carbons (Fsp3) is 0.429. The van der Waals surface area contributed by atoms with Gasteiger partial charge in [0.15, 0.2) is 0 Å². The third-order valence-electron chi connectivity index (χ3n) is 5.18. The van der Waals surface area contributed by atoms with Crippen molar-refractivity contribution in [2.45, 2.75) is 31.8 Å². The highest BCUT2D eigenvalue weighted by Gasteiger charge is 2.36. The van der Waals surface area contributed by atoms with Crippen LogP contribution in [0.4, 0.5) is 0 Å². The second-order valence-electron chi connectivity index (χ2n) is 7.31. The summed E-state index contributed by atoms with van der Waals surface area (Å²) in [4.78, 5) is 2.46. The zero-order valence-electron chi connectivity index (χ0n) is 15.6. The van der Waals surface area contributed by atoms with Gasteiger partial charge in [-0.25, -0.2) is 0 Å². The maximum atomic E-state index is 6.16. The predicted molar refractivity (Wildman–Crippen MR) is 101 cm³/mol. The Labute approximate surface area is 150 Å². The van der Waals surface area contributed by atoms with Crippen LogP contribution >= 0.6 is 0 Å². The SMILES string of the molecule is COc1cc2c(c(OC)c1)C(CN)N(CC(C)(C)c1ccccc1)C2. The van der Waals surface area contributed by atoms with E-state index in [1.54, 1.807) is 14.2 Å². The third kappa shape index (κ3) is 3.37. The minimum absolute atomic E-state index is 0.0358. The minimum atomic E-state index is 0.0358. The average Bonchev–Trinajstić information content (AvgIpc) is 2.97. The standard InChI is InChI=1S/C21H28N2O2/c1-21(2,16-8-6-5-7-9-16)14-23-13-15-10-17(24-3)11-19(25-4)20(15)18(23)12-22/h5-11,18H,12-14,22H2,1-4H3. The van der Waals surface area contributed by atoms with Gasteiger partial charge in [0.25, 0.3) is 0 Å². The Morgan fingerprint density at radius 3 is 2.44 bits per heavy atom. The molecule has 1 aliphatic heterocycles. The summed E-state index contributed by atoms with van der Waals surface area (Å²) in [6.45, 7) is 6.94. The van der Waals surface area contributed by atoms with E-state index in [0.29, 0.717) is 6.54 Å². The number of hydrogen-bond donors (Lipinski definition) is 1. The molecule has 0 bridgehead atoms. The molecule has 2 N–H and O–H groups in total. The number of nitrogens with zero attached hydrogens (tertiary/aromatic N) is 1. The second-order valence-corrected chi connectivity index (χ2v) is 7.31. The van der Waals surface area contributed by atoms with Gasteiger partial charge in [-0.2, -0.15) is 0 Å². The highest BCUT2D eigenvalue weighted by molar-refractivity contribution is 5.51. The van der Waals surface area contributed by atoms with Crippen molar-refractivity contribution < 1.29 is 9.47 Å². The van der Waals surface area contributed by atoms with Gasteiger partial charge in [-0.3, -0.25) is 4.90 Å². The molecule has 25 heavy (non-hydrogen) atoms. The van der Waals surface area contributed by atoms with Crippen LogP contribution in [0.5, 0.6) is 11.5 Å². The molecule has 0 radical (unpaired) electrons. The van der Waals surface area contributed by atoms with Crippen LogP contribution in [0.1, 0.15) is 36.6 Å². The van der Waals surface area contributed by atoms with E-state index in [4.69, 9.17) is 15.2 Å². The zero-order chi connectivity index (χ0) is 18.0. The molecule has 0 aliphatic carbocycles. The smallest absolute Gasteiger partial charge is 0.127 e. The van der Waals surface area contributed by atoms with Crippen LogP contribution in [0.2, 0.25) is 0 Å². The predicted octanol–water partition coefficient (Wildman–Crippen LogP) is 3.50. The van der Waals surface area contributed by atoms with E-state index in [0.717, 1.165) is 24.6 Å². The van der Waals surface area contributed by atoms with Crippen LogP contribution in [-0.4, -0.2) is 32.2 Å². The van der Waals surface area contributed by atoms with E-state index < -0.39 is 0 Å². The van der Waals surface area contributed by atoms with Gasteiger partial charge >= 0.3 is 0 Å². The molecule has 4 nitrogen and oxygen atoms in total. The first-order valence-corrected chi connectivity index (χ1v) is 8.74. The molecule has 2 aromatic carbocycles. The Hall–Kier alpha value is -2.04. The molecule has 0 saturated carbocycles. The Balaban J connectivity index is 1.91. The van der Waals surface area contributed by atoms with E-state index >= 15 is 0 Å². The number of rotatable bonds is 6. The van der Waals surface area contributed by atoms with Crippen molar-refractivity contribution in [3.05, 3.63) is 59.2 Å². The number of methoxy groups -OCH3 is 2. The van der Waals surface area contributed by atoms with E-state index in [2.05, 4.69) is 55.1 Å². The first-order chi connectivity index (χ1) is 12.0. The maximum absolute atomic E-state index is 6.16. The summed E-state index contributed by atoms with van der Waals surface area (Å²) >= 11 is 0. The second kappa shape index (κ2) is 7.06. The maximum Gasteiger partial charge on any atom is 0.127 e. The van der Waals surface area contributed by atoms with Gasteiger partial charge in [0.05, 0.1) is 20.3 Å². The summed E-state index contributed by atoms with van der Waals surface area (Å²) in [5.41, 5.74) is 9.99. The molecule has 0 spiro atoms. The Morgan fingerprint density at radius 2 is 1.84 bits per heavy atom. The summed E-state index contributed by atoms with van der Waals surface area (Å²) in [6.07, 6.45) is 0. The van der Waals surface area contributed by atoms with Gasteiger partial charge in [-0.05, 0) is 17.2 Å². The molecule has 0 amide bonds. The minimum Gasteiger partial charge on any atom is -0.497 e. The highest BCUT2D eigenvalue weighted by atomic mass is 16.5. The van der Waals surface area contributed by atoms with Crippen molar-refractivity contribution in [2.24, 2.45) is 5.73 Å². The van der Waals surface area contributed by atoms with E-state index in [-0.39, 0.29) is 11.5 Å². The molecule has 0 aromatic heterocycles. The molecule has 1 aliphatic rings. The van der Waals surface area contributed by atoms with Gasteiger partial charge in [0.2, 0.25) is 0 Å². The molecule has 0 saturated heterocycles. The van der Waals surface area contributed by atoms with Crippen LogP contribution in [0.15, 0.2) is 42.5 Å². The van der Waals surface area contributed by atoms with Crippen LogP contribution in [-0.2, 0) is 12.0 Å². The monoisotopic (exact) mass is 340 g/mol. The molecule has 134 valence electrons. The molecule has 1 unspecified atom stereocenters. The Morgan fingerprint density at radius 1 is 1.12 bits per heavy atom. The normalized spacial score (nSPS) is 17.4. The van der Waals surface area contributed by atoms with Crippen LogP contribution in [0.25, 0.3) is 0 Å². The number of fused-ring (bicyclic) bond motifs is 1. The van der Waals surface area contributed by atoms with Crippen molar-refractivity contribution in [1.82, 2.24) is 4.90 Å². The first-order valence-electron chi connectivity index (χ1n) is 8.74. The van der Waals surface area contributed by atoms with E-state index in [1.165, 1.54) is 16.7 Å². The van der Waals surface area contributed by atoms with Gasteiger partial charge in [-0.1, -0.05) is 44.2 Å². The molecule has 1 atom stereocenters. The van der Waals surface area contributed by atoms with Crippen molar-refractivity contribution in [1.29, 1.82) is 0 Å². The molecular formula is C21H28N2O2. The van der Waals surface area contributed by atoms with Gasteiger partial charge in [-0.15, -0.1) is 0 Å². The molecule has 3 rings (SSSR count). The summed E-state index contributed by atoms with van der Waals surface area (Å²) in [7, 11) is 3.39. The average molecular weight is 340 g/mol. The van der Waals surface area contributed by atoms with Crippen LogP contribution in [0, 0.1) is 0 Å². The first kappa shape index (κ1) is 17.8. The Bertz CT molecular complexity index is 728.